The Hall–Kier alpha value is -1.03. The van der Waals surface area contributed by atoms with Gasteiger partial charge in [0.15, 0.2) is 0 Å². The number of halogens is 1. The smallest absolute Gasteiger partial charge is 0.337 e. The monoisotopic (exact) mass is 328 g/mol. The summed E-state index contributed by atoms with van der Waals surface area (Å²) in [5.74, 6) is 0.360. The second kappa shape index (κ2) is 7.53. The van der Waals surface area contributed by atoms with E-state index in [1.807, 2.05) is 6.07 Å². The van der Waals surface area contributed by atoms with Crippen molar-refractivity contribution in [2.45, 2.75) is 26.7 Å². The van der Waals surface area contributed by atoms with Gasteiger partial charge < -0.3 is 9.47 Å². The highest BCUT2D eigenvalue weighted by Crippen LogP contribution is 2.30. The van der Waals surface area contributed by atoms with Crippen LogP contribution in [0, 0.1) is 5.41 Å². The molecule has 19 heavy (non-hydrogen) atoms. The zero-order valence-corrected chi connectivity index (χ0v) is 13.3. The highest BCUT2D eigenvalue weighted by atomic mass is 79.9. The number of hydrogen-bond acceptors (Lipinski definition) is 3. The first kappa shape index (κ1) is 16.0. The topological polar surface area (TPSA) is 35.5 Å². The van der Waals surface area contributed by atoms with Crippen LogP contribution in [0.2, 0.25) is 0 Å². The van der Waals surface area contributed by atoms with Crippen LogP contribution in [0.5, 0.6) is 5.75 Å². The molecule has 0 unspecified atom stereocenters. The van der Waals surface area contributed by atoms with Crippen molar-refractivity contribution in [2.24, 2.45) is 5.41 Å². The predicted molar refractivity (Wildman–Crippen MR) is 80.1 cm³/mol. The van der Waals surface area contributed by atoms with Gasteiger partial charge in [-0.2, -0.15) is 0 Å². The summed E-state index contributed by atoms with van der Waals surface area (Å²) in [6.07, 6.45) is 2.09. The standard InChI is InChI=1S/C15H21BrO3/c1-4-15(5-2,10-16)11-19-13-8-6-7-12(9-13)14(17)18-3/h6-9H,4-5,10-11H2,1-3H3. The van der Waals surface area contributed by atoms with E-state index in [2.05, 4.69) is 29.8 Å². The predicted octanol–water partition coefficient (Wildman–Crippen LogP) is 4.05. The van der Waals surface area contributed by atoms with E-state index < -0.39 is 0 Å². The Balaban J connectivity index is 2.75. The van der Waals surface area contributed by atoms with Crippen molar-refractivity contribution in [1.82, 2.24) is 0 Å². The van der Waals surface area contributed by atoms with Gasteiger partial charge in [0.25, 0.3) is 0 Å². The lowest BCUT2D eigenvalue weighted by atomic mass is 9.86. The molecule has 0 saturated heterocycles. The highest BCUT2D eigenvalue weighted by Gasteiger charge is 2.25. The number of rotatable bonds is 7. The Bertz CT molecular complexity index is 405. The van der Waals surface area contributed by atoms with Crippen molar-refractivity contribution in [3.8, 4) is 5.75 Å². The Kier molecular flexibility index (Phi) is 6.35. The molecule has 0 aliphatic rings. The number of hydrogen-bond donors (Lipinski definition) is 0. The summed E-state index contributed by atoms with van der Waals surface area (Å²) in [5.41, 5.74) is 0.652. The van der Waals surface area contributed by atoms with Crippen LogP contribution in [-0.4, -0.2) is 25.0 Å². The summed E-state index contributed by atoms with van der Waals surface area (Å²) < 4.78 is 10.5. The van der Waals surface area contributed by atoms with Crippen molar-refractivity contribution in [3.05, 3.63) is 29.8 Å². The number of carbonyl (C=O) groups is 1. The third-order valence-corrected chi connectivity index (χ3v) is 4.77. The molecule has 0 N–H and O–H groups in total. The van der Waals surface area contributed by atoms with E-state index in [0.29, 0.717) is 17.9 Å². The molecule has 1 aromatic carbocycles. The Morgan fingerprint density at radius 3 is 2.53 bits per heavy atom. The maximum absolute atomic E-state index is 11.5. The number of alkyl halides is 1. The molecule has 0 aromatic heterocycles. The van der Waals surface area contributed by atoms with E-state index in [1.165, 1.54) is 7.11 Å². The molecule has 4 heteroatoms. The number of methoxy groups -OCH3 is 1. The fraction of sp³-hybridized carbons (Fsp3) is 0.533. The average Bonchev–Trinajstić information content (AvgIpc) is 2.48. The van der Waals surface area contributed by atoms with E-state index in [0.717, 1.165) is 18.2 Å². The molecule has 106 valence electrons. The van der Waals surface area contributed by atoms with E-state index in [4.69, 9.17) is 9.47 Å². The van der Waals surface area contributed by atoms with Gasteiger partial charge in [-0.1, -0.05) is 35.8 Å². The van der Waals surface area contributed by atoms with Gasteiger partial charge in [-0.05, 0) is 31.0 Å². The van der Waals surface area contributed by atoms with Crippen LogP contribution in [-0.2, 0) is 4.74 Å². The largest absolute Gasteiger partial charge is 0.493 e. The minimum absolute atomic E-state index is 0.140. The quantitative estimate of drug-likeness (QED) is 0.559. The maximum Gasteiger partial charge on any atom is 0.337 e. The molecule has 0 aliphatic heterocycles. The van der Waals surface area contributed by atoms with Gasteiger partial charge in [-0.25, -0.2) is 4.79 Å². The number of ether oxygens (including phenoxy) is 2. The summed E-state index contributed by atoms with van der Waals surface area (Å²) >= 11 is 3.56. The maximum atomic E-state index is 11.5. The molecule has 0 bridgehead atoms. The fourth-order valence-corrected chi connectivity index (χ4v) is 2.70. The van der Waals surface area contributed by atoms with Gasteiger partial charge in [0.1, 0.15) is 5.75 Å². The van der Waals surface area contributed by atoms with Crippen LogP contribution >= 0.6 is 15.9 Å². The van der Waals surface area contributed by atoms with Gasteiger partial charge >= 0.3 is 5.97 Å². The summed E-state index contributed by atoms with van der Waals surface area (Å²) in [4.78, 5) is 11.5. The molecule has 0 aliphatic carbocycles. The molecule has 0 spiro atoms. The number of carbonyl (C=O) groups excluding carboxylic acids is 1. The fourth-order valence-electron chi connectivity index (χ4n) is 1.75. The molecule has 0 atom stereocenters. The molecule has 0 fully saturated rings. The summed E-state index contributed by atoms with van der Waals surface area (Å²) in [5, 5.41) is 0.906. The van der Waals surface area contributed by atoms with Crippen molar-refractivity contribution >= 4 is 21.9 Å². The molecule has 0 heterocycles. The van der Waals surface area contributed by atoms with Gasteiger partial charge in [-0.3, -0.25) is 0 Å². The number of esters is 1. The zero-order valence-electron chi connectivity index (χ0n) is 11.7. The SMILES string of the molecule is CCC(CC)(CBr)COc1cccc(C(=O)OC)c1. The first-order valence-corrected chi connectivity index (χ1v) is 7.60. The highest BCUT2D eigenvalue weighted by molar-refractivity contribution is 9.09. The molecule has 0 amide bonds. The van der Waals surface area contributed by atoms with E-state index >= 15 is 0 Å². The Morgan fingerprint density at radius 1 is 1.32 bits per heavy atom. The molecular weight excluding hydrogens is 308 g/mol. The van der Waals surface area contributed by atoms with Crippen molar-refractivity contribution in [1.29, 1.82) is 0 Å². The van der Waals surface area contributed by atoms with Gasteiger partial charge in [0, 0.05) is 10.7 Å². The van der Waals surface area contributed by atoms with Gasteiger partial charge in [0.05, 0.1) is 19.3 Å². The van der Waals surface area contributed by atoms with Crippen molar-refractivity contribution < 1.29 is 14.3 Å². The van der Waals surface area contributed by atoms with Crippen LogP contribution in [0.1, 0.15) is 37.0 Å². The summed E-state index contributed by atoms with van der Waals surface area (Å²) in [7, 11) is 1.37. The van der Waals surface area contributed by atoms with Crippen LogP contribution < -0.4 is 4.74 Å². The van der Waals surface area contributed by atoms with Gasteiger partial charge in [-0.15, -0.1) is 0 Å². The summed E-state index contributed by atoms with van der Waals surface area (Å²) in [6, 6.07) is 7.10. The second-order valence-electron chi connectivity index (χ2n) is 4.65. The molecular formula is C15H21BrO3. The Labute approximate surface area is 123 Å². The minimum Gasteiger partial charge on any atom is -0.493 e. The Morgan fingerprint density at radius 2 is 2.00 bits per heavy atom. The first-order valence-electron chi connectivity index (χ1n) is 6.48. The van der Waals surface area contributed by atoms with Crippen molar-refractivity contribution in [3.63, 3.8) is 0 Å². The molecule has 1 aromatic rings. The van der Waals surface area contributed by atoms with E-state index in [1.54, 1.807) is 18.2 Å². The van der Waals surface area contributed by atoms with Crippen LogP contribution in [0.25, 0.3) is 0 Å². The van der Waals surface area contributed by atoms with Crippen LogP contribution in [0.15, 0.2) is 24.3 Å². The third kappa shape index (κ3) is 4.23. The van der Waals surface area contributed by atoms with E-state index in [9.17, 15) is 4.79 Å². The molecule has 1 rings (SSSR count). The zero-order chi connectivity index (χ0) is 14.3. The minimum atomic E-state index is -0.344. The van der Waals surface area contributed by atoms with Crippen LogP contribution in [0.4, 0.5) is 0 Å². The average molecular weight is 329 g/mol. The van der Waals surface area contributed by atoms with E-state index in [-0.39, 0.29) is 11.4 Å². The second-order valence-corrected chi connectivity index (χ2v) is 5.21. The lowest BCUT2D eigenvalue weighted by Gasteiger charge is -2.29. The number of benzene rings is 1. The lowest BCUT2D eigenvalue weighted by Crippen LogP contribution is -2.29. The lowest BCUT2D eigenvalue weighted by molar-refractivity contribution is 0.0600. The first-order chi connectivity index (χ1) is 9.10. The third-order valence-electron chi connectivity index (χ3n) is 3.58. The normalized spacial score (nSPS) is 11.2. The molecule has 3 nitrogen and oxygen atoms in total. The van der Waals surface area contributed by atoms with Crippen molar-refractivity contribution in [2.75, 3.05) is 19.0 Å². The van der Waals surface area contributed by atoms with Crippen LogP contribution in [0.3, 0.4) is 0 Å². The summed E-state index contributed by atoms with van der Waals surface area (Å²) in [6.45, 7) is 4.97. The molecule has 0 radical (unpaired) electrons. The molecule has 0 saturated carbocycles. The van der Waals surface area contributed by atoms with Gasteiger partial charge in [0.2, 0.25) is 0 Å².